The molecule has 0 aliphatic carbocycles. The minimum absolute atomic E-state index is 0.412. The summed E-state index contributed by atoms with van der Waals surface area (Å²) in [6, 6.07) is 0. The van der Waals surface area contributed by atoms with E-state index in [1.807, 2.05) is 11.8 Å². The van der Waals surface area contributed by atoms with Gasteiger partial charge in [-0.2, -0.15) is 11.8 Å². The first-order valence-corrected chi connectivity index (χ1v) is 8.79. The van der Waals surface area contributed by atoms with Crippen molar-refractivity contribution in [2.45, 2.75) is 26.2 Å². The lowest BCUT2D eigenvalue weighted by Gasteiger charge is -2.24. The molecule has 0 aromatic heterocycles. The maximum atomic E-state index is 5.59. The highest BCUT2D eigenvalue weighted by Crippen LogP contribution is 2.38. The van der Waals surface area contributed by atoms with Crippen LogP contribution in [0.1, 0.15) is 26.2 Å². The van der Waals surface area contributed by atoms with E-state index in [9.17, 15) is 0 Å². The van der Waals surface area contributed by atoms with Crippen LogP contribution in [-0.2, 0) is 4.74 Å². The summed E-state index contributed by atoms with van der Waals surface area (Å²) in [5.41, 5.74) is 0.412. The molecule has 0 radical (unpaired) electrons. The minimum atomic E-state index is 0.412. The molecule has 1 atom stereocenters. The first-order chi connectivity index (χ1) is 9.29. The van der Waals surface area contributed by atoms with Gasteiger partial charge in [0.05, 0.1) is 6.61 Å². The number of hydrogen-bond acceptors (Lipinski definition) is 3. The summed E-state index contributed by atoms with van der Waals surface area (Å²) in [6.07, 6.45) is 5.79. The van der Waals surface area contributed by atoms with Gasteiger partial charge in [-0.3, -0.25) is 4.99 Å². The molecule has 0 aromatic carbocycles. The molecule has 2 rings (SSSR count). The Morgan fingerprint density at radius 2 is 2.37 bits per heavy atom. The highest BCUT2D eigenvalue weighted by atomic mass is 32.2. The zero-order chi connectivity index (χ0) is 13.6. The third-order valence-electron chi connectivity index (χ3n) is 4.03. The van der Waals surface area contributed by atoms with Gasteiger partial charge in [0, 0.05) is 38.2 Å². The molecule has 1 unspecified atom stereocenters. The zero-order valence-electron chi connectivity index (χ0n) is 12.3. The number of ether oxygens (including phenoxy) is 1. The van der Waals surface area contributed by atoms with Crippen molar-refractivity contribution in [3.8, 4) is 0 Å². The summed E-state index contributed by atoms with van der Waals surface area (Å²) >= 11 is 1.89. The second kappa shape index (κ2) is 7.39. The SMILES string of the molecule is CCNC(=NCCCSC)N1CCC2(CCOC2)C1. The van der Waals surface area contributed by atoms with Crippen molar-refractivity contribution >= 4 is 17.7 Å². The summed E-state index contributed by atoms with van der Waals surface area (Å²) in [5, 5.41) is 3.44. The molecule has 2 heterocycles. The highest BCUT2D eigenvalue weighted by Gasteiger charge is 2.42. The Kier molecular flexibility index (Phi) is 5.82. The Morgan fingerprint density at radius 3 is 3.05 bits per heavy atom. The van der Waals surface area contributed by atoms with E-state index in [4.69, 9.17) is 9.73 Å². The fourth-order valence-electron chi connectivity index (χ4n) is 2.91. The van der Waals surface area contributed by atoms with Gasteiger partial charge in [-0.05, 0) is 38.2 Å². The van der Waals surface area contributed by atoms with E-state index in [1.54, 1.807) is 0 Å². The fraction of sp³-hybridized carbons (Fsp3) is 0.929. The van der Waals surface area contributed by atoms with Gasteiger partial charge < -0.3 is 15.0 Å². The standard InChI is InChI=1S/C14H27N3OS/c1-3-15-13(16-7-4-10-19-2)17-8-5-14(11-17)6-9-18-12-14/h3-12H2,1-2H3,(H,15,16). The van der Waals surface area contributed by atoms with Gasteiger partial charge in [0.15, 0.2) is 5.96 Å². The molecular formula is C14H27N3OS. The maximum Gasteiger partial charge on any atom is 0.193 e. The molecule has 0 aromatic rings. The Morgan fingerprint density at radius 1 is 1.47 bits per heavy atom. The number of nitrogens with one attached hydrogen (secondary N) is 1. The average Bonchev–Trinajstić information content (AvgIpc) is 3.04. The van der Waals surface area contributed by atoms with Crippen LogP contribution in [0.25, 0.3) is 0 Å². The van der Waals surface area contributed by atoms with E-state index in [2.05, 4.69) is 23.4 Å². The second-order valence-electron chi connectivity index (χ2n) is 5.56. The average molecular weight is 285 g/mol. The van der Waals surface area contributed by atoms with Crippen molar-refractivity contribution < 1.29 is 4.74 Å². The summed E-state index contributed by atoms with van der Waals surface area (Å²) in [5.74, 6) is 2.30. The van der Waals surface area contributed by atoms with Crippen LogP contribution in [-0.4, -0.2) is 62.3 Å². The van der Waals surface area contributed by atoms with Crippen molar-refractivity contribution in [2.24, 2.45) is 10.4 Å². The normalized spacial score (nSPS) is 27.5. The minimum Gasteiger partial charge on any atom is -0.381 e. The predicted molar refractivity (Wildman–Crippen MR) is 83.0 cm³/mol. The second-order valence-corrected chi connectivity index (χ2v) is 6.54. The van der Waals surface area contributed by atoms with E-state index in [1.165, 1.54) is 18.6 Å². The van der Waals surface area contributed by atoms with Gasteiger partial charge in [-0.1, -0.05) is 0 Å². The summed E-state index contributed by atoms with van der Waals surface area (Å²) in [6.45, 7) is 8.14. The van der Waals surface area contributed by atoms with E-state index in [-0.39, 0.29) is 0 Å². The molecule has 2 aliphatic rings. The lowest BCUT2D eigenvalue weighted by atomic mass is 9.87. The monoisotopic (exact) mass is 285 g/mol. The summed E-state index contributed by atoms with van der Waals surface area (Å²) in [4.78, 5) is 7.19. The molecule has 2 aliphatic heterocycles. The Bertz CT molecular complexity index is 303. The fourth-order valence-corrected chi connectivity index (χ4v) is 3.32. The molecule has 4 nitrogen and oxygen atoms in total. The van der Waals surface area contributed by atoms with Crippen molar-refractivity contribution in [2.75, 3.05) is 51.4 Å². The zero-order valence-corrected chi connectivity index (χ0v) is 13.1. The molecule has 2 fully saturated rings. The number of likely N-dealkylation sites (tertiary alicyclic amines) is 1. The molecule has 19 heavy (non-hydrogen) atoms. The van der Waals surface area contributed by atoms with Gasteiger partial charge >= 0.3 is 0 Å². The van der Waals surface area contributed by atoms with E-state index < -0.39 is 0 Å². The van der Waals surface area contributed by atoms with Crippen LogP contribution >= 0.6 is 11.8 Å². The lowest BCUT2D eigenvalue weighted by Crippen LogP contribution is -2.41. The largest absolute Gasteiger partial charge is 0.381 e. The van der Waals surface area contributed by atoms with Crippen LogP contribution in [0.3, 0.4) is 0 Å². The highest BCUT2D eigenvalue weighted by molar-refractivity contribution is 7.98. The van der Waals surface area contributed by atoms with Crippen molar-refractivity contribution in [3.63, 3.8) is 0 Å². The Balaban J connectivity index is 1.88. The predicted octanol–water partition coefficient (Wildman–Crippen LogP) is 1.82. The topological polar surface area (TPSA) is 36.9 Å². The lowest BCUT2D eigenvalue weighted by molar-refractivity contribution is 0.156. The van der Waals surface area contributed by atoms with Gasteiger partial charge in [0.1, 0.15) is 0 Å². The molecule has 5 heteroatoms. The van der Waals surface area contributed by atoms with Crippen LogP contribution in [0.2, 0.25) is 0 Å². The molecular weight excluding hydrogens is 258 g/mol. The number of guanidine groups is 1. The van der Waals surface area contributed by atoms with Crippen LogP contribution < -0.4 is 5.32 Å². The van der Waals surface area contributed by atoms with Crippen molar-refractivity contribution in [1.29, 1.82) is 0 Å². The van der Waals surface area contributed by atoms with Crippen LogP contribution in [0.5, 0.6) is 0 Å². The smallest absolute Gasteiger partial charge is 0.193 e. The van der Waals surface area contributed by atoms with Crippen LogP contribution in [0.4, 0.5) is 0 Å². The molecule has 2 saturated heterocycles. The van der Waals surface area contributed by atoms with Crippen LogP contribution in [0, 0.1) is 5.41 Å². The van der Waals surface area contributed by atoms with Gasteiger partial charge in [0.25, 0.3) is 0 Å². The first-order valence-electron chi connectivity index (χ1n) is 7.40. The third kappa shape index (κ3) is 4.02. The van der Waals surface area contributed by atoms with Gasteiger partial charge in [-0.25, -0.2) is 0 Å². The number of rotatable bonds is 5. The van der Waals surface area contributed by atoms with Gasteiger partial charge in [-0.15, -0.1) is 0 Å². The third-order valence-corrected chi connectivity index (χ3v) is 4.72. The number of hydrogen-bond donors (Lipinski definition) is 1. The molecule has 0 amide bonds. The number of thioether (sulfide) groups is 1. The Hall–Kier alpha value is -0.420. The molecule has 0 saturated carbocycles. The quantitative estimate of drug-likeness (QED) is 0.475. The molecule has 0 bridgehead atoms. The van der Waals surface area contributed by atoms with Crippen molar-refractivity contribution in [3.05, 3.63) is 0 Å². The molecule has 1 spiro atoms. The van der Waals surface area contributed by atoms with E-state index >= 15 is 0 Å². The van der Waals surface area contributed by atoms with Crippen molar-refractivity contribution in [1.82, 2.24) is 10.2 Å². The van der Waals surface area contributed by atoms with Gasteiger partial charge in [0.2, 0.25) is 0 Å². The molecule has 110 valence electrons. The number of aliphatic imine (C=N–C) groups is 1. The van der Waals surface area contributed by atoms with E-state index in [0.29, 0.717) is 5.41 Å². The molecule has 1 N–H and O–H groups in total. The van der Waals surface area contributed by atoms with E-state index in [0.717, 1.165) is 51.8 Å². The van der Waals surface area contributed by atoms with Crippen LogP contribution in [0.15, 0.2) is 4.99 Å². The summed E-state index contributed by atoms with van der Waals surface area (Å²) in [7, 11) is 0. The maximum absolute atomic E-state index is 5.59. The first kappa shape index (κ1) is 15.0. The number of nitrogens with zero attached hydrogens (tertiary/aromatic N) is 2. The Labute approximate surface area is 121 Å². The summed E-state index contributed by atoms with van der Waals surface area (Å²) < 4.78 is 5.59.